The van der Waals surface area contributed by atoms with Gasteiger partial charge in [-0.15, -0.1) is 0 Å². The van der Waals surface area contributed by atoms with Crippen LogP contribution in [0.5, 0.6) is 0 Å². The molecule has 0 bridgehead atoms. The summed E-state index contributed by atoms with van der Waals surface area (Å²) in [6.07, 6.45) is 2.24. The molecule has 0 spiro atoms. The van der Waals surface area contributed by atoms with Crippen molar-refractivity contribution in [2.24, 2.45) is 5.92 Å². The molecule has 0 aliphatic carbocycles. The van der Waals surface area contributed by atoms with Gasteiger partial charge in [0.2, 0.25) is 0 Å². The van der Waals surface area contributed by atoms with Gasteiger partial charge in [0.05, 0.1) is 6.61 Å². The summed E-state index contributed by atoms with van der Waals surface area (Å²) >= 11 is 0. The minimum absolute atomic E-state index is 0.0288. The topological polar surface area (TPSA) is 91.3 Å². The number of carbonyl (C=O) groups excluding carboxylic acids is 1. The van der Waals surface area contributed by atoms with Gasteiger partial charge in [0.25, 0.3) is 0 Å². The van der Waals surface area contributed by atoms with Crippen LogP contribution in [0.15, 0.2) is 12.2 Å². The number of carboxylic acid groups (broad SMARTS) is 1. The van der Waals surface area contributed by atoms with E-state index < -0.39 is 45.7 Å². The fraction of sp³-hybridized carbons (Fsp3) is 0.789. The molecule has 0 aliphatic rings. The van der Waals surface area contributed by atoms with Crippen LogP contribution in [0.1, 0.15) is 20.3 Å². The fourth-order valence-corrected chi connectivity index (χ4v) is 17.9. The maximum absolute atomic E-state index is 11.8. The predicted molar refractivity (Wildman–Crippen MR) is 130 cm³/mol. The Labute approximate surface area is 186 Å². The lowest BCUT2D eigenvalue weighted by molar-refractivity contribution is -0.139. The average molecular weight is 495 g/mol. The third-order valence-corrected chi connectivity index (χ3v) is 16.3. The van der Waals surface area contributed by atoms with E-state index in [1.54, 1.807) is 0 Å². The van der Waals surface area contributed by atoms with E-state index in [0.717, 1.165) is 12.2 Å². The van der Waals surface area contributed by atoms with E-state index in [4.69, 9.17) is 22.2 Å². The number of hydrogen-bond acceptors (Lipinski definition) is 6. The highest BCUT2D eigenvalue weighted by Gasteiger charge is 2.56. The molecule has 0 saturated heterocycles. The smallest absolute Gasteiger partial charge is 0.473 e. The third kappa shape index (κ3) is 13.0. The van der Waals surface area contributed by atoms with Crippen LogP contribution in [0.3, 0.4) is 0 Å². The lowest BCUT2D eigenvalue weighted by Gasteiger charge is -2.47. The van der Waals surface area contributed by atoms with Crippen molar-refractivity contribution in [3.05, 3.63) is 12.2 Å². The number of esters is 1. The standard InChI is InChI=1S/C19H42O7Si4/c1-16(2)17(14-15-23-19(22)13-12-18(20)21)30(24-27(3,4)5,25-28(6,7)8)26-29(9,10)11/h12-13,16-17H,14-15H2,1-11H3,(H,20,21)/b13-12+. The number of hydrogen-bond donors (Lipinski definition) is 1. The average Bonchev–Trinajstić information content (AvgIpc) is 2.43. The maximum Gasteiger partial charge on any atom is 0.473 e. The first-order valence-corrected chi connectivity index (χ1v) is 22.5. The van der Waals surface area contributed by atoms with Crippen molar-refractivity contribution in [1.29, 1.82) is 0 Å². The molecular formula is C19H42O7Si4. The molecule has 0 radical (unpaired) electrons. The highest BCUT2D eigenvalue weighted by molar-refractivity contribution is 6.90. The van der Waals surface area contributed by atoms with E-state index in [0.29, 0.717) is 6.42 Å². The molecule has 0 heterocycles. The number of ether oxygens (including phenoxy) is 1. The molecule has 1 atom stereocenters. The highest BCUT2D eigenvalue weighted by Crippen LogP contribution is 2.41. The Morgan fingerprint density at radius 3 is 1.50 bits per heavy atom. The Balaban J connectivity index is 5.93. The SMILES string of the molecule is CC(C)C(CCOC(=O)/C=C/C(=O)O)[Si](O[Si](C)(C)C)(O[Si](C)(C)C)O[Si](C)(C)C. The van der Waals surface area contributed by atoms with Gasteiger partial charge in [-0.3, -0.25) is 0 Å². The van der Waals surface area contributed by atoms with Crippen molar-refractivity contribution in [3.8, 4) is 0 Å². The van der Waals surface area contributed by atoms with Gasteiger partial charge in [-0.2, -0.15) is 0 Å². The molecule has 0 saturated carbocycles. The first-order valence-electron chi connectivity index (χ1n) is 10.4. The molecule has 0 aromatic rings. The first-order chi connectivity index (χ1) is 13.3. The quantitative estimate of drug-likeness (QED) is 0.217. The van der Waals surface area contributed by atoms with Crippen molar-refractivity contribution in [3.63, 3.8) is 0 Å². The molecule has 30 heavy (non-hydrogen) atoms. The summed E-state index contributed by atoms with van der Waals surface area (Å²) < 4.78 is 25.7. The van der Waals surface area contributed by atoms with E-state index in [9.17, 15) is 9.59 Å². The lowest BCUT2D eigenvalue weighted by atomic mass is 10.1. The van der Waals surface area contributed by atoms with Gasteiger partial charge in [0, 0.05) is 17.7 Å². The second-order valence-corrected chi connectivity index (χ2v) is 27.8. The number of aliphatic carboxylic acids is 1. The summed E-state index contributed by atoms with van der Waals surface area (Å²) in [6.45, 7) is 23.7. The summed E-state index contributed by atoms with van der Waals surface area (Å²) in [5.74, 6) is -1.65. The zero-order valence-corrected chi connectivity index (χ0v) is 24.6. The van der Waals surface area contributed by atoms with Crippen LogP contribution in [-0.2, 0) is 26.7 Å². The molecule has 1 unspecified atom stereocenters. The summed E-state index contributed by atoms with van der Waals surface area (Å²) in [6, 6.07) is 0. The van der Waals surface area contributed by atoms with Crippen LogP contribution in [0.25, 0.3) is 0 Å². The minimum atomic E-state index is -3.12. The van der Waals surface area contributed by atoms with Crippen LogP contribution in [0.4, 0.5) is 0 Å². The minimum Gasteiger partial charge on any atom is -0.478 e. The molecule has 1 N–H and O–H groups in total. The van der Waals surface area contributed by atoms with Gasteiger partial charge in [-0.1, -0.05) is 13.8 Å². The van der Waals surface area contributed by atoms with Crippen LogP contribution in [0, 0.1) is 5.92 Å². The van der Waals surface area contributed by atoms with Crippen molar-refractivity contribution in [2.75, 3.05) is 6.61 Å². The van der Waals surface area contributed by atoms with Crippen LogP contribution < -0.4 is 0 Å². The van der Waals surface area contributed by atoms with E-state index in [1.807, 2.05) is 0 Å². The van der Waals surface area contributed by atoms with Crippen LogP contribution >= 0.6 is 0 Å². The van der Waals surface area contributed by atoms with Gasteiger partial charge >= 0.3 is 20.7 Å². The highest BCUT2D eigenvalue weighted by atomic mass is 28.5. The zero-order valence-electron chi connectivity index (χ0n) is 20.6. The Bertz CT molecular complexity index is 561. The second-order valence-electron chi connectivity index (χ2n) is 10.7. The van der Waals surface area contributed by atoms with E-state index in [1.165, 1.54) is 0 Å². The van der Waals surface area contributed by atoms with Gasteiger partial charge in [-0.05, 0) is 71.3 Å². The number of carbonyl (C=O) groups is 2. The summed E-state index contributed by atoms with van der Waals surface area (Å²) in [5, 5.41) is 8.65. The molecule has 0 fully saturated rings. The van der Waals surface area contributed by atoms with Crippen LogP contribution in [-0.4, -0.2) is 57.4 Å². The monoisotopic (exact) mass is 494 g/mol. The second kappa shape index (κ2) is 11.3. The molecule has 0 rings (SSSR count). The van der Waals surface area contributed by atoms with Crippen LogP contribution in [0.2, 0.25) is 64.5 Å². The number of carboxylic acids is 1. The van der Waals surface area contributed by atoms with Gasteiger partial charge in [-0.25, -0.2) is 9.59 Å². The van der Waals surface area contributed by atoms with E-state index in [2.05, 4.69) is 72.8 Å². The molecule has 11 heteroatoms. The van der Waals surface area contributed by atoms with E-state index in [-0.39, 0.29) is 18.1 Å². The largest absolute Gasteiger partial charge is 0.478 e. The molecule has 0 aliphatic heterocycles. The summed E-state index contributed by atoms with van der Waals surface area (Å²) in [5.41, 5.74) is -0.0288. The Hall–Kier alpha value is -0.572. The zero-order chi connectivity index (χ0) is 24.0. The maximum atomic E-state index is 11.8. The normalized spacial score (nSPS) is 14.9. The van der Waals surface area contributed by atoms with Crippen molar-refractivity contribution < 1.29 is 31.8 Å². The van der Waals surface area contributed by atoms with Crippen molar-refractivity contribution >= 4 is 45.7 Å². The predicted octanol–water partition coefficient (Wildman–Crippen LogP) is 5.08. The summed E-state index contributed by atoms with van der Waals surface area (Å²) in [7, 11) is -9.17. The third-order valence-electron chi connectivity index (χ3n) is 3.64. The fourth-order valence-electron chi connectivity index (χ4n) is 2.96. The van der Waals surface area contributed by atoms with Gasteiger partial charge in [0.15, 0.2) is 25.0 Å². The Morgan fingerprint density at radius 1 is 0.800 bits per heavy atom. The number of rotatable bonds is 13. The molecule has 176 valence electrons. The summed E-state index contributed by atoms with van der Waals surface area (Å²) in [4.78, 5) is 22.4. The van der Waals surface area contributed by atoms with Gasteiger partial charge < -0.3 is 22.2 Å². The Morgan fingerprint density at radius 2 is 1.20 bits per heavy atom. The molecule has 0 aromatic heterocycles. The molecule has 0 amide bonds. The lowest BCUT2D eigenvalue weighted by Crippen LogP contribution is -2.63. The molecule has 0 aromatic carbocycles. The van der Waals surface area contributed by atoms with Gasteiger partial charge in [0.1, 0.15) is 0 Å². The molecular weight excluding hydrogens is 453 g/mol. The molecule has 7 nitrogen and oxygen atoms in total. The Kier molecular flexibility index (Phi) is 11.1. The first kappa shape index (κ1) is 29.4. The van der Waals surface area contributed by atoms with Crippen molar-refractivity contribution in [2.45, 2.75) is 84.7 Å². The van der Waals surface area contributed by atoms with E-state index >= 15 is 0 Å². The van der Waals surface area contributed by atoms with Crippen molar-refractivity contribution in [1.82, 2.24) is 0 Å².